The fourth-order valence-corrected chi connectivity index (χ4v) is 3.62. The Balaban J connectivity index is 0.00000320. The molecule has 0 bridgehead atoms. The van der Waals surface area contributed by atoms with Gasteiger partial charge in [-0.3, -0.25) is 0 Å². The molecule has 0 atom stereocenters. The molecular formula is C21H29IN6OS. The van der Waals surface area contributed by atoms with Crippen molar-refractivity contribution in [2.45, 2.75) is 32.9 Å². The summed E-state index contributed by atoms with van der Waals surface area (Å²) < 4.78 is 7.51. The number of halogens is 1. The van der Waals surface area contributed by atoms with Crippen LogP contribution in [0, 0.1) is 0 Å². The molecule has 0 unspecified atom stereocenters. The number of nitrogens with zero attached hydrogens (tertiary/aromatic N) is 4. The topological polar surface area (TPSA) is 76.4 Å². The van der Waals surface area contributed by atoms with E-state index >= 15 is 0 Å². The second-order valence-corrected chi connectivity index (χ2v) is 7.49. The number of benzene rings is 1. The van der Waals surface area contributed by atoms with Crippen LogP contribution in [-0.2, 0) is 25.9 Å². The standard InChI is InChI=1S/C21H28N6OS.HI/c1-3-20-26-25-16-27(20)13-12-23-21(24-15-18-8-6-14-29-18)22-11-10-17-7-4-5-9-19(17)28-2;/h4-9,14,16H,3,10-13,15H2,1-2H3,(H2,22,23,24);1H. The highest BCUT2D eigenvalue weighted by Crippen LogP contribution is 2.17. The van der Waals surface area contributed by atoms with E-state index in [0.717, 1.165) is 50.0 Å². The van der Waals surface area contributed by atoms with Gasteiger partial charge in [-0.05, 0) is 29.5 Å². The summed E-state index contributed by atoms with van der Waals surface area (Å²) in [6, 6.07) is 12.3. The molecule has 3 aromatic rings. The molecule has 0 spiro atoms. The summed E-state index contributed by atoms with van der Waals surface area (Å²) in [7, 11) is 1.71. The molecule has 0 aliphatic rings. The fourth-order valence-electron chi connectivity index (χ4n) is 2.99. The third-order valence-corrected chi connectivity index (χ3v) is 5.37. The van der Waals surface area contributed by atoms with E-state index in [-0.39, 0.29) is 24.0 Å². The van der Waals surface area contributed by atoms with Crippen LogP contribution in [0.25, 0.3) is 0 Å². The maximum atomic E-state index is 5.44. The molecule has 1 aromatic carbocycles. The van der Waals surface area contributed by atoms with Gasteiger partial charge in [0.1, 0.15) is 17.9 Å². The van der Waals surface area contributed by atoms with Crippen molar-refractivity contribution in [1.29, 1.82) is 0 Å². The molecule has 2 N–H and O–H groups in total. The minimum absolute atomic E-state index is 0. The number of guanidine groups is 1. The van der Waals surface area contributed by atoms with Crippen molar-refractivity contribution in [3.63, 3.8) is 0 Å². The molecule has 0 saturated carbocycles. The number of aromatic nitrogens is 3. The van der Waals surface area contributed by atoms with Crippen LogP contribution < -0.4 is 15.4 Å². The van der Waals surface area contributed by atoms with Gasteiger partial charge in [0.2, 0.25) is 0 Å². The monoisotopic (exact) mass is 540 g/mol. The van der Waals surface area contributed by atoms with Crippen molar-refractivity contribution in [3.8, 4) is 5.75 Å². The normalized spacial score (nSPS) is 11.1. The molecule has 0 fully saturated rings. The van der Waals surface area contributed by atoms with Gasteiger partial charge in [0.25, 0.3) is 0 Å². The van der Waals surface area contributed by atoms with Gasteiger partial charge in [-0.15, -0.1) is 45.5 Å². The molecule has 7 nitrogen and oxygen atoms in total. The lowest BCUT2D eigenvalue weighted by atomic mass is 10.1. The van der Waals surface area contributed by atoms with Crippen LogP contribution in [0.1, 0.15) is 23.2 Å². The van der Waals surface area contributed by atoms with E-state index in [2.05, 4.69) is 55.9 Å². The first-order valence-electron chi connectivity index (χ1n) is 9.83. The van der Waals surface area contributed by atoms with E-state index in [1.165, 1.54) is 10.4 Å². The van der Waals surface area contributed by atoms with Gasteiger partial charge < -0.3 is 19.9 Å². The number of nitrogens with one attached hydrogen (secondary N) is 2. The molecule has 0 aliphatic carbocycles. The SMILES string of the molecule is CCc1nncn1CCNC(=NCc1cccs1)NCCc1ccccc1OC.I. The molecule has 0 aliphatic heterocycles. The maximum absolute atomic E-state index is 5.44. The van der Waals surface area contributed by atoms with Crippen LogP contribution in [0.4, 0.5) is 0 Å². The van der Waals surface area contributed by atoms with Crippen molar-refractivity contribution in [2.24, 2.45) is 4.99 Å². The number of aryl methyl sites for hydroxylation is 1. The Labute approximate surface area is 199 Å². The minimum atomic E-state index is 0. The lowest BCUT2D eigenvalue weighted by molar-refractivity contribution is 0.409. The molecule has 3 rings (SSSR count). The Kier molecular flexibility index (Phi) is 10.6. The summed E-state index contributed by atoms with van der Waals surface area (Å²) in [5.74, 6) is 2.71. The number of methoxy groups -OCH3 is 1. The lowest BCUT2D eigenvalue weighted by Crippen LogP contribution is -2.40. The molecule has 2 heterocycles. The molecule has 0 radical (unpaired) electrons. The van der Waals surface area contributed by atoms with Crippen LogP contribution in [-0.4, -0.2) is 40.9 Å². The summed E-state index contributed by atoms with van der Waals surface area (Å²) in [6.07, 6.45) is 3.50. The van der Waals surface area contributed by atoms with Gasteiger partial charge >= 0.3 is 0 Å². The largest absolute Gasteiger partial charge is 0.496 e. The van der Waals surface area contributed by atoms with Gasteiger partial charge in [-0.1, -0.05) is 31.2 Å². The average Bonchev–Trinajstić information content (AvgIpc) is 3.43. The van der Waals surface area contributed by atoms with E-state index in [1.54, 1.807) is 24.8 Å². The molecular weight excluding hydrogens is 511 g/mol. The average molecular weight is 540 g/mol. The summed E-state index contributed by atoms with van der Waals surface area (Å²) in [4.78, 5) is 5.97. The van der Waals surface area contributed by atoms with Crippen molar-refractivity contribution in [2.75, 3.05) is 20.2 Å². The van der Waals surface area contributed by atoms with Crippen molar-refractivity contribution >= 4 is 41.3 Å². The van der Waals surface area contributed by atoms with E-state index in [9.17, 15) is 0 Å². The Morgan fingerprint density at radius 1 is 1.17 bits per heavy atom. The van der Waals surface area contributed by atoms with Gasteiger partial charge in [0, 0.05) is 30.9 Å². The van der Waals surface area contributed by atoms with Gasteiger partial charge in [0.15, 0.2) is 5.96 Å². The second kappa shape index (κ2) is 13.2. The van der Waals surface area contributed by atoms with E-state index in [4.69, 9.17) is 9.73 Å². The number of aliphatic imine (C=N–C) groups is 1. The lowest BCUT2D eigenvalue weighted by Gasteiger charge is -2.14. The number of thiophene rings is 1. The van der Waals surface area contributed by atoms with Crippen molar-refractivity contribution in [3.05, 3.63) is 64.4 Å². The Morgan fingerprint density at radius 2 is 2.00 bits per heavy atom. The third kappa shape index (κ3) is 7.28. The first-order valence-corrected chi connectivity index (χ1v) is 10.7. The number of rotatable bonds is 10. The minimum Gasteiger partial charge on any atom is -0.496 e. The van der Waals surface area contributed by atoms with E-state index in [0.29, 0.717) is 6.54 Å². The number of hydrogen-bond acceptors (Lipinski definition) is 5. The first kappa shape index (κ1) is 24.1. The van der Waals surface area contributed by atoms with Gasteiger partial charge in [-0.25, -0.2) is 4.99 Å². The Hall–Kier alpha value is -2.14. The van der Waals surface area contributed by atoms with Crippen LogP contribution in [0.3, 0.4) is 0 Å². The molecule has 0 amide bonds. The predicted molar refractivity (Wildman–Crippen MR) is 133 cm³/mol. The fraction of sp³-hybridized carbons (Fsp3) is 0.381. The van der Waals surface area contributed by atoms with Gasteiger partial charge in [0.05, 0.1) is 13.7 Å². The second-order valence-electron chi connectivity index (χ2n) is 6.45. The van der Waals surface area contributed by atoms with Crippen LogP contribution in [0.5, 0.6) is 5.75 Å². The Morgan fingerprint density at radius 3 is 2.77 bits per heavy atom. The Bertz CT molecular complexity index is 897. The number of hydrogen-bond donors (Lipinski definition) is 2. The van der Waals surface area contributed by atoms with Crippen LogP contribution >= 0.6 is 35.3 Å². The molecule has 30 heavy (non-hydrogen) atoms. The van der Waals surface area contributed by atoms with Crippen molar-refractivity contribution in [1.82, 2.24) is 25.4 Å². The third-order valence-electron chi connectivity index (χ3n) is 4.51. The molecule has 162 valence electrons. The van der Waals surface area contributed by atoms with E-state index < -0.39 is 0 Å². The van der Waals surface area contributed by atoms with Crippen LogP contribution in [0.15, 0.2) is 53.1 Å². The zero-order chi connectivity index (χ0) is 20.3. The zero-order valence-corrected chi connectivity index (χ0v) is 20.5. The smallest absolute Gasteiger partial charge is 0.191 e. The summed E-state index contributed by atoms with van der Waals surface area (Å²) in [6.45, 7) is 5.05. The molecule has 9 heteroatoms. The highest BCUT2D eigenvalue weighted by Gasteiger charge is 2.05. The molecule has 0 saturated heterocycles. The summed E-state index contributed by atoms with van der Waals surface area (Å²) >= 11 is 1.72. The predicted octanol–water partition coefficient (Wildman–Crippen LogP) is 3.51. The van der Waals surface area contributed by atoms with Gasteiger partial charge in [-0.2, -0.15) is 0 Å². The molecule has 2 aromatic heterocycles. The van der Waals surface area contributed by atoms with Crippen LogP contribution in [0.2, 0.25) is 0 Å². The zero-order valence-electron chi connectivity index (χ0n) is 17.4. The maximum Gasteiger partial charge on any atom is 0.191 e. The number of para-hydroxylation sites is 1. The summed E-state index contributed by atoms with van der Waals surface area (Å²) in [5, 5.41) is 17.1. The highest BCUT2D eigenvalue weighted by molar-refractivity contribution is 14.0. The van der Waals surface area contributed by atoms with E-state index in [1.807, 2.05) is 18.2 Å². The summed E-state index contributed by atoms with van der Waals surface area (Å²) in [5.41, 5.74) is 1.18. The van der Waals surface area contributed by atoms with Crippen molar-refractivity contribution < 1.29 is 4.74 Å². The highest BCUT2D eigenvalue weighted by atomic mass is 127. The number of ether oxygens (including phenoxy) is 1. The quantitative estimate of drug-likeness (QED) is 0.234. The first-order chi connectivity index (χ1) is 14.3.